The largest absolute Gasteiger partial charge is 0.465 e. The summed E-state index contributed by atoms with van der Waals surface area (Å²) in [6, 6.07) is 7.32. The van der Waals surface area contributed by atoms with Gasteiger partial charge >= 0.3 is 12.1 Å². The number of nitrogens with zero attached hydrogens (tertiary/aromatic N) is 1. The van der Waals surface area contributed by atoms with Crippen LogP contribution in [0.2, 0.25) is 0 Å². The van der Waals surface area contributed by atoms with Gasteiger partial charge in [0.15, 0.2) is 0 Å². The van der Waals surface area contributed by atoms with E-state index in [2.05, 4.69) is 4.74 Å². The smallest absolute Gasteiger partial charge is 0.416 e. The van der Waals surface area contributed by atoms with Crippen LogP contribution in [-0.4, -0.2) is 18.0 Å². The fourth-order valence-corrected chi connectivity index (χ4v) is 1.82. The van der Waals surface area contributed by atoms with Crippen molar-refractivity contribution >= 4 is 11.7 Å². The Morgan fingerprint density at radius 1 is 1.08 bits per heavy atom. The van der Waals surface area contributed by atoms with Gasteiger partial charge in [0.25, 0.3) is 5.69 Å². The van der Waals surface area contributed by atoms with Crippen molar-refractivity contribution in [3.05, 3.63) is 63.7 Å². The van der Waals surface area contributed by atoms with Crippen LogP contribution in [0.3, 0.4) is 0 Å². The van der Waals surface area contributed by atoms with E-state index in [9.17, 15) is 28.1 Å². The highest BCUT2D eigenvalue weighted by Crippen LogP contribution is 2.36. The summed E-state index contributed by atoms with van der Waals surface area (Å²) in [5.41, 5.74) is -1.72. The first kappa shape index (κ1) is 17.3. The Kier molecular flexibility index (Phi) is 4.72. The van der Waals surface area contributed by atoms with E-state index in [0.29, 0.717) is 12.1 Å². The molecule has 0 saturated heterocycles. The molecule has 24 heavy (non-hydrogen) atoms. The number of nitro groups is 1. The van der Waals surface area contributed by atoms with Crippen LogP contribution in [0.5, 0.6) is 11.5 Å². The topological polar surface area (TPSA) is 78.7 Å². The molecule has 0 atom stereocenters. The first-order valence-electron chi connectivity index (χ1n) is 6.43. The van der Waals surface area contributed by atoms with Gasteiger partial charge < -0.3 is 9.47 Å². The first-order chi connectivity index (χ1) is 11.2. The lowest BCUT2D eigenvalue weighted by Crippen LogP contribution is -2.06. The molecule has 6 nitrogen and oxygen atoms in total. The first-order valence-corrected chi connectivity index (χ1v) is 6.43. The molecule has 2 aromatic carbocycles. The van der Waals surface area contributed by atoms with Gasteiger partial charge in [-0.15, -0.1) is 0 Å². The van der Waals surface area contributed by atoms with Gasteiger partial charge in [-0.1, -0.05) is 0 Å². The summed E-state index contributed by atoms with van der Waals surface area (Å²) in [5.74, 6) is -0.824. The summed E-state index contributed by atoms with van der Waals surface area (Å²) < 4.78 is 48.1. The monoisotopic (exact) mass is 341 g/mol. The van der Waals surface area contributed by atoms with Gasteiger partial charge in [0.05, 0.1) is 29.2 Å². The van der Waals surface area contributed by atoms with E-state index >= 15 is 0 Å². The molecule has 0 aliphatic carbocycles. The van der Waals surface area contributed by atoms with Gasteiger partial charge in [-0.3, -0.25) is 10.1 Å². The van der Waals surface area contributed by atoms with Crippen LogP contribution in [0.25, 0.3) is 0 Å². The summed E-state index contributed by atoms with van der Waals surface area (Å²) in [6.45, 7) is 0. The van der Waals surface area contributed by atoms with Crippen LogP contribution >= 0.6 is 0 Å². The molecule has 0 saturated carbocycles. The number of ether oxygens (including phenoxy) is 2. The number of rotatable bonds is 4. The van der Waals surface area contributed by atoms with Gasteiger partial charge in [-0.05, 0) is 30.3 Å². The summed E-state index contributed by atoms with van der Waals surface area (Å²) in [7, 11) is 1.20. The summed E-state index contributed by atoms with van der Waals surface area (Å²) in [5, 5.41) is 10.8. The maximum absolute atomic E-state index is 12.8. The number of halogens is 3. The normalized spacial score (nSPS) is 11.0. The number of alkyl halides is 3. The maximum atomic E-state index is 12.8. The lowest BCUT2D eigenvalue weighted by Gasteiger charge is -2.10. The average Bonchev–Trinajstić information content (AvgIpc) is 2.53. The number of carbonyl (C=O) groups excluding carboxylic acids is 1. The number of nitro benzene ring substituents is 1. The SMILES string of the molecule is COC(=O)c1ccc(Oc2cc([N+](=O)[O-])cc(C(F)(F)F)c2)cc1. The molecule has 2 aromatic rings. The highest BCUT2D eigenvalue weighted by atomic mass is 19.4. The molecule has 126 valence electrons. The number of methoxy groups -OCH3 is 1. The molecular weight excluding hydrogens is 331 g/mol. The van der Waals surface area contributed by atoms with Crippen molar-refractivity contribution in [3.63, 3.8) is 0 Å². The van der Waals surface area contributed by atoms with Crippen LogP contribution in [0, 0.1) is 10.1 Å². The number of esters is 1. The number of hydrogen-bond donors (Lipinski definition) is 0. The van der Waals surface area contributed by atoms with Gasteiger partial charge in [0, 0.05) is 6.07 Å². The predicted octanol–water partition coefficient (Wildman–Crippen LogP) is 4.19. The molecule has 0 unspecified atom stereocenters. The third-order valence-electron chi connectivity index (χ3n) is 2.94. The molecule has 0 aromatic heterocycles. The predicted molar refractivity (Wildman–Crippen MR) is 76.0 cm³/mol. The van der Waals surface area contributed by atoms with Gasteiger partial charge in [0.1, 0.15) is 11.5 Å². The third kappa shape index (κ3) is 4.00. The van der Waals surface area contributed by atoms with E-state index in [1.54, 1.807) is 0 Å². The second-order valence-electron chi connectivity index (χ2n) is 4.59. The lowest BCUT2D eigenvalue weighted by molar-refractivity contribution is -0.385. The Bertz CT molecular complexity index is 772. The molecular formula is C15H10F3NO5. The zero-order chi connectivity index (χ0) is 17.9. The van der Waals surface area contributed by atoms with E-state index in [1.807, 2.05) is 0 Å². The minimum atomic E-state index is -4.75. The Morgan fingerprint density at radius 3 is 2.21 bits per heavy atom. The van der Waals surface area contributed by atoms with Crippen molar-refractivity contribution < 1.29 is 32.4 Å². The maximum Gasteiger partial charge on any atom is 0.416 e. The number of benzene rings is 2. The third-order valence-corrected chi connectivity index (χ3v) is 2.94. The molecule has 0 radical (unpaired) electrons. The van der Waals surface area contributed by atoms with Gasteiger partial charge in [0.2, 0.25) is 0 Å². The van der Waals surface area contributed by atoms with Crippen LogP contribution < -0.4 is 4.74 Å². The van der Waals surface area contributed by atoms with Crippen molar-refractivity contribution in [1.82, 2.24) is 0 Å². The van der Waals surface area contributed by atoms with Crippen molar-refractivity contribution in [2.24, 2.45) is 0 Å². The van der Waals surface area contributed by atoms with Crippen LogP contribution in [0.4, 0.5) is 18.9 Å². The molecule has 0 aliphatic heterocycles. The Labute approximate surface area is 133 Å². The van der Waals surface area contributed by atoms with Gasteiger partial charge in [-0.25, -0.2) is 4.79 Å². The van der Waals surface area contributed by atoms with Crippen LogP contribution in [0.1, 0.15) is 15.9 Å². The molecule has 2 rings (SSSR count). The van der Waals surface area contributed by atoms with Gasteiger partial charge in [-0.2, -0.15) is 13.2 Å². The molecule has 0 fully saturated rings. The molecule has 0 aliphatic rings. The summed E-state index contributed by atoms with van der Waals surface area (Å²) in [6.07, 6.45) is -4.75. The number of non-ortho nitro benzene ring substituents is 1. The summed E-state index contributed by atoms with van der Waals surface area (Å²) in [4.78, 5) is 21.1. The molecule has 9 heteroatoms. The molecule has 0 bridgehead atoms. The van der Waals surface area contributed by atoms with Crippen LogP contribution in [0.15, 0.2) is 42.5 Å². The van der Waals surface area contributed by atoms with Crippen molar-refractivity contribution in [3.8, 4) is 11.5 Å². The van der Waals surface area contributed by atoms with E-state index in [4.69, 9.17) is 4.74 Å². The van der Waals surface area contributed by atoms with Crippen molar-refractivity contribution in [1.29, 1.82) is 0 Å². The van der Waals surface area contributed by atoms with E-state index in [1.165, 1.54) is 31.4 Å². The standard InChI is InChI=1S/C15H10F3NO5/c1-23-14(20)9-2-4-12(5-3-9)24-13-7-10(15(16,17)18)6-11(8-13)19(21)22/h2-8H,1H3. The van der Waals surface area contributed by atoms with E-state index in [-0.39, 0.29) is 17.1 Å². The Hall–Kier alpha value is -3.10. The van der Waals surface area contributed by atoms with E-state index < -0.39 is 28.3 Å². The van der Waals surface area contributed by atoms with E-state index in [0.717, 1.165) is 6.07 Å². The fourth-order valence-electron chi connectivity index (χ4n) is 1.82. The highest BCUT2D eigenvalue weighted by Gasteiger charge is 2.33. The fraction of sp³-hybridized carbons (Fsp3) is 0.133. The molecule has 0 heterocycles. The minimum Gasteiger partial charge on any atom is -0.465 e. The summed E-state index contributed by atoms with van der Waals surface area (Å²) >= 11 is 0. The average molecular weight is 341 g/mol. The Morgan fingerprint density at radius 2 is 1.71 bits per heavy atom. The second-order valence-corrected chi connectivity index (χ2v) is 4.59. The molecule has 0 amide bonds. The quantitative estimate of drug-likeness (QED) is 0.473. The lowest BCUT2D eigenvalue weighted by atomic mass is 10.2. The second kappa shape index (κ2) is 6.57. The Balaban J connectivity index is 2.33. The zero-order valence-electron chi connectivity index (χ0n) is 12.2. The molecule has 0 spiro atoms. The number of hydrogen-bond acceptors (Lipinski definition) is 5. The minimum absolute atomic E-state index is 0.108. The van der Waals surface area contributed by atoms with Crippen molar-refractivity contribution in [2.75, 3.05) is 7.11 Å². The van der Waals surface area contributed by atoms with Crippen molar-refractivity contribution in [2.45, 2.75) is 6.18 Å². The highest BCUT2D eigenvalue weighted by molar-refractivity contribution is 5.89. The molecule has 0 N–H and O–H groups in total. The van der Waals surface area contributed by atoms with Crippen LogP contribution in [-0.2, 0) is 10.9 Å². The zero-order valence-corrected chi connectivity index (χ0v) is 12.2. The number of carbonyl (C=O) groups is 1.